The van der Waals surface area contributed by atoms with Crippen LogP contribution in [0.4, 0.5) is 0 Å². The molecule has 1 unspecified atom stereocenters. The summed E-state index contributed by atoms with van der Waals surface area (Å²) in [5.74, 6) is 0.568. The lowest BCUT2D eigenvalue weighted by Crippen LogP contribution is -2.14. The standard InChI is InChI=1S/C23H20Cl2N2O2/c24-22-6-1-16(12-23(22)25)11-17-2-3-18-13-19(4-5-20(18)21(17)14-28)29-10-9-27-8-7-26-15-27/h1,4-8,11-15,21H,2-3,9-10H2/b17-11+. The molecule has 4 nitrogen and oxygen atoms in total. The van der Waals surface area contributed by atoms with E-state index >= 15 is 0 Å². The number of ether oxygens (including phenoxy) is 1. The van der Waals surface area contributed by atoms with Crippen LogP contribution < -0.4 is 4.74 Å². The first kappa shape index (κ1) is 19.7. The van der Waals surface area contributed by atoms with Crippen molar-refractivity contribution >= 4 is 35.6 Å². The van der Waals surface area contributed by atoms with Crippen LogP contribution in [-0.2, 0) is 17.8 Å². The van der Waals surface area contributed by atoms with Crippen LogP contribution in [0.1, 0.15) is 29.0 Å². The number of nitrogens with zero attached hydrogens (tertiary/aromatic N) is 2. The fourth-order valence-corrected chi connectivity index (χ4v) is 3.96. The van der Waals surface area contributed by atoms with Crippen LogP contribution in [0.2, 0.25) is 10.0 Å². The van der Waals surface area contributed by atoms with Crippen LogP contribution in [0, 0.1) is 0 Å². The minimum atomic E-state index is -0.256. The SMILES string of the molecule is O=CC1/C(=C/c2ccc(Cl)c(Cl)c2)CCc2cc(OCCn3ccnc3)ccc21. The number of carbonyl (C=O) groups is 1. The number of rotatable bonds is 6. The molecule has 1 aliphatic carbocycles. The lowest BCUT2D eigenvalue weighted by atomic mass is 9.79. The Balaban J connectivity index is 1.51. The van der Waals surface area contributed by atoms with Crippen molar-refractivity contribution in [2.75, 3.05) is 6.61 Å². The highest BCUT2D eigenvalue weighted by atomic mass is 35.5. The fraction of sp³-hybridized carbons (Fsp3) is 0.217. The molecular formula is C23H20Cl2N2O2. The van der Waals surface area contributed by atoms with E-state index < -0.39 is 0 Å². The van der Waals surface area contributed by atoms with E-state index in [1.165, 1.54) is 0 Å². The zero-order valence-corrected chi connectivity index (χ0v) is 17.2. The Kier molecular flexibility index (Phi) is 6.02. The molecule has 0 N–H and O–H groups in total. The predicted octanol–water partition coefficient (Wildman–Crippen LogP) is 5.58. The van der Waals surface area contributed by atoms with Gasteiger partial charge in [-0.1, -0.05) is 47.0 Å². The quantitative estimate of drug-likeness (QED) is 0.483. The Hall–Kier alpha value is -2.56. The second kappa shape index (κ2) is 8.85. The Bertz CT molecular complexity index is 1050. The second-order valence-electron chi connectivity index (χ2n) is 7.02. The molecule has 1 aromatic heterocycles. The lowest BCUT2D eigenvalue weighted by Gasteiger charge is -2.25. The molecule has 148 valence electrons. The molecule has 1 aliphatic rings. The van der Waals surface area contributed by atoms with Crippen LogP contribution in [-0.4, -0.2) is 22.4 Å². The van der Waals surface area contributed by atoms with Crippen molar-refractivity contribution in [1.82, 2.24) is 9.55 Å². The van der Waals surface area contributed by atoms with Crippen molar-refractivity contribution in [2.24, 2.45) is 0 Å². The molecule has 0 amide bonds. The van der Waals surface area contributed by atoms with E-state index in [9.17, 15) is 4.79 Å². The molecule has 1 atom stereocenters. The molecule has 0 saturated heterocycles. The van der Waals surface area contributed by atoms with Crippen LogP contribution in [0.15, 0.2) is 60.7 Å². The molecule has 0 spiro atoms. The van der Waals surface area contributed by atoms with Gasteiger partial charge >= 0.3 is 0 Å². The summed E-state index contributed by atoms with van der Waals surface area (Å²) in [5, 5.41) is 1.03. The molecule has 4 rings (SSSR count). The summed E-state index contributed by atoms with van der Waals surface area (Å²) in [4.78, 5) is 15.9. The van der Waals surface area contributed by atoms with Gasteiger partial charge in [-0.3, -0.25) is 0 Å². The summed E-state index contributed by atoms with van der Waals surface area (Å²) in [6, 6.07) is 11.5. The van der Waals surface area contributed by atoms with E-state index in [0.717, 1.165) is 53.7 Å². The van der Waals surface area contributed by atoms with E-state index in [0.29, 0.717) is 16.7 Å². The molecule has 29 heavy (non-hydrogen) atoms. The maximum Gasteiger partial charge on any atom is 0.131 e. The van der Waals surface area contributed by atoms with Crippen molar-refractivity contribution in [3.05, 3.63) is 87.4 Å². The van der Waals surface area contributed by atoms with Gasteiger partial charge in [-0.05, 0) is 53.8 Å². The number of hydrogen-bond acceptors (Lipinski definition) is 3. The van der Waals surface area contributed by atoms with E-state index in [1.807, 2.05) is 41.1 Å². The van der Waals surface area contributed by atoms with Crippen molar-refractivity contribution in [1.29, 1.82) is 0 Å². The number of benzene rings is 2. The van der Waals surface area contributed by atoms with Gasteiger partial charge in [0.15, 0.2) is 0 Å². The molecule has 0 bridgehead atoms. The largest absolute Gasteiger partial charge is 0.492 e. The number of carbonyl (C=O) groups excluding carboxylic acids is 1. The highest BCUT2D eigenvalue weighted by Gasteiger charge is 2.24. The van der Waals surface area contributed by atoms with Crippen LogP contribution in [0.5, 0.6) is 5.75 Å². The first-order valence-corrected chi connectivity index (χ1v) is 10.2. The molecule has 3 aromatic rings. The molecular weight excluding hydrogens is 407 g/mol. The maximum atomic E-state index is 11.9. The smallest absolute Gasteiger partial charge is 0.131 e. The average molecular weight is 427 g/mol. The zero-order chi connectivity index (χ0) is 20.2. The summed E-state index contributed by atoms with van der Waals surface area (Å²) < 4.78 is 7.86. The van der Waals surface area contributed by atoms with E-state index in [2.05, 4.69) is 11.1 Å². The summed E-state index contributed by atoms with van der Waals surface area (Å²) in [7, 11) is 0. The minimum Gasteiger partial charge on any atom is -0.492 e. The van der Waals surface area contributed by atoms with Gasteiger partial charge in [-0.25, -0.2) is 4.98 Å². The number of allylic oxidation sites excluding steroid dienone is 1. The molecule has 0 fully saturated rings. The number of aromatic nitrogens is 2. The van der Waals surface area contributed by atoms with Gasteiger partial charge in [0, 0.05) is 12.4 Å². The third kappa shape index (κ3) is 4.55. The number of imidazole rings is 1. The number of aldehydes is 1. The third-order valence-corrected chi connectivity index (χ3v) is 5.88. The zero-order valence-electron chi connectivity index (χ0n) is 15.7. The van der Waals surface area contributed by atoms with Gasteiger partial charge in [0.05, 0.1) is 28.8 Å². The molecule has 0 radical (unpaired) electrons. The fourth-order valence-electron chi connectivity index (χ4n) is 3.65. The summed E-state index contributed by atoms with van der Waals surface area (Å²) in [6.07, 6.45) is 10.2. The van der Waals surface area contributed by atoms with E-state index in [1.54, 1.807) is 18.6 Å². The minimum absolute atomic E-state index is 0.256. The van der Waals surface area contributed by atoms with Crippen LogP contribution in [0.25, 0.3) is 6.08 Å². The number of hydrogen-bond donors (Lipinski definition) is 0. The van der Waals surface area contributed by atoms with Crippen molar-refractivity contribution in [2.45, 2.75) is 25.3 Å². The van der Waals surface area contributed by atoms with Crippen LogP contribution in [0.3, 0.4) is 0 Å². The van der Waals surface area contributed by atoms with Crippen molar-refractivity contribution < 1.29 is 9.53 Å². The number of fused-ring (bicyclic) bond motifs is 1. The molecule has 0 saturated carbocycles. The van der Waals surface area contributed by atoms with E-state index in [4.69, 9.17) is 27.9 Å². The Morgan fingerprint density at radius 2 is 2.03 bits per heavy atom. The number of halogens is 2. The molecule has 2 aromatic carbocycles. The predicted molar refractivity (Wildman–Crippen MR) is 116 cm³/mol. The summed E-state index contributed by atoms with van der Waals surface area (Å²) in [5.41, 5.74) is 4.23. The van der Waals surface area contributed by atoms with Gasteiger partial charge in [-0.15, -0.1) is 0 Å². The lowest BCUT2D eigenvalue weighted by molar-refractivity contribution is -0.108. The first-order chi connectivity index (χ1) is 14.1. The third-order valence-electron chi connectivity index (χ3n) is 5.14. The Labute approximate surface area is 179 Å². The summed E-state index contributed by atoms with van der Waals surface area (Å²) in [6.45, 7) is 1.30. The molecule has 0 aliphatic heterocycles. The van der Waals surface area contributed by atoms with Gasteiger partial charge in [-0.2, -0.15) is 0 Å². The Morgan fingerprint density at radius 1 is 1.14 bits per heavy atom. The van der Waals surface area contributed by atoms with Gasteiger partial charge in [0.2, 0.25) is 0 Å². The second-order valence-corrected chi connectivity index (χ2v) is 7.83. The number of aryl methyl sites for hydroxylation is 1. The summed E-state index contributed by atoms with van der Waals surface area (Å²) >= 11 is 12.1. The van der Waals surface area contributed by atoms with Gasteiger partial charge in [0.1, 0.15) is 18.6 Å². The monoisotopic (exact) mass is 426 g/mol. The molecule has 6 heteroatoms. The molecule has 1 heterocycles. The Morgan fingerprint density at radius 3 is 2.79 bits per heavy atom. The highest BCUT2D eigenvalue weighted by molar-refractivity contribution is 6.42. The first-order valence-electron chi connectivity index (χ1n) is 9.46. The van der Waals surface area contributed by atoms with E-state index in [-0.39, 0.29) is 5.92 Å². The van der Waals surface area contributed by atoms with Gasteiger partial charge < -0.3 is 14.1 Å². The topological polar surface area (TPSA) is 44.1 Å². The normalized spacial score (nSPS) is 17.2. The average Bonchev–Trinajstić information content (AvgIpc) is 3.24. The van der Waals surface area contributed by atoms with Crippen molar-refractivity contribution in [3.8, 4) is 5.75 Å². The maximum absolute atomic E-state index is 11.9. The van der Waals surface area contributed by atoms with Crippen LogP contribution >= 0.6 is 23.2 Å². The highest BCUT2D eigenvalue weighted by Crippen LogP contribution is 2.37. The van der Waals surface area contributed by atoms with Crippen molar-refractivity contribution in [3.63, 3.8) is 0 Å². The van der Waals surface area contributed by atoms with Gasteiger partial charge in [0.25, 0.3) is 0 Å².